The van der Waals surface area contributed by atoms with Crippen LogP contribution < -0.4 is 10.6 Å². The van der Waals surface area contributed by atoms with Crippen LogP contribution in [0.4, 0.5) is 13.2 Å². The van der Waals surface area contributed by atoms with Crippen LogP contribution in [-0.4, -0.2) is 48.4 Å². The quantitative estimate of drug-likeness (QED) is 0.571. The number of carbonyl (C=O) groups is 2. The molecule has 8 heteroatoms. The highest BCUT2D eigenvalue weighted by Gasteiger charge is 2.33. The molecule has 0 aliphatic heterocycles. The Hall–Kier alpha value is -2.09. The van der Waals surface area contributed by atoms with Crippen LogP contribution in [0.1, 0.15) is 75.2 Å². The number of hydrogen-bond acceptors (Lipinski definition) is 3. The summed E-state index contributed by atoms with van der Waals surface area (Å²) in [6.45, 7) is 6.25. The largest absolute Gasteiger partial charge is 0.416 e. The third-order valence-electron chi connectivity index (χ3n) is 6.48. The Balaban J connectivity index is 1.92. The molecule has 1 aliphatic carbocycles. The molecule has 2 amide bonds. The molecule has 1 aromatic rings. The smallest absolute Gasteiger partial charge is 0.352 e. The van der Waals surface area contributed by atoms with E-state index >= 15 is 0 Å². The second-order valence-electron chi connectivity index (χ2n) is 9.06. The maximum absolute atomic E-state index is 12.9. The predicted molar refractivity (Wildman–Crippen MR) is 119 cm³/mol. The summed E-state index contributed by atoms with van der Waals surface area (Å²) >= 11 is 0. The summed E-state index contributed by atoms with van der Waals surface area (Å²) in [7, 11) is 2.15. The van der Waals surface area contributed by atoms with Crippen molar-refractivity contribution in [3.05, 3.63) is 35.4 Å². The van der Waals surface area contributed by atoms with E-state index in [-0.39, 0.29) is 24.1 Å². The average molecular weight is 456 g/mol. The lowest BCUT2D eigenvalue weighted by atomic mass is 9.78. The normalized spacial score (nSPS) is 21.6. The number of benzene rings is 1. The van der Waals surface area contributed by atoms with Crippen molar-refractivity contribution < 1.29 is 22.8 Å². The van der Waals surface area contributed by atoms with Crippen molar-refractivity contribution in [2.24, 2.45) is 5.92 Å². The Labute approximate surface area is 189 Å². The minimum Gasteiger partial charge on any atom is -0.352 e. The lowest BCUT2D eigenvalue weighted by molar-refractivity contribution is -0.137. The van der Waals surface area contributed by atoms with Gasteiger partial charge in [-0.15, -0.1) is 0 Å². The maximum Gasteiger partial charge on any atom is 0.416 e. The van der Waals surface area contributed by atoms with Gasteiger partial charge >= 0.3 is 6.18 Å². The summed E-state index contributed by atoms with van der Waals surface area (Å²) in [4.78, 5) is 27.1. The summed E-state index contributed by atoms with van der Waals surface area (Å²) < 4.78 is 38.6. The van der Waals surface area contributed by atoms with Crippen molar-refractivity contribution in [2.75, 3.05) is 13.6 Å². The van der Waals surface area contributed by atoms with Crippen LogP contribution in [0.15, 0.2) is 24.3 Å². The standard InChI is InChI=1S/C24H36F3N3O2/c1-5-6-8-17-14-20(30(4)16(2)3)11-12-21(17)29-22(31)15-28-23(32)18-9-7-10-19(13-18)24(25,26)27/h7,9-10,13,16-17,20-21H,5-6,8,11-12,14-15H2,1-4H3,(H,28,32)(H,29,31)/t17-,20+,21-/m0/s1. The Bertz CT molecular complexity index is 767. The Morgan fingerprint density at radius 2 is 1.94 bits per heavy atom. The zero-order valence-electron chi connectivity index (χ0n) is 19.5. The molecule has 2 N–H and O–H groups in total. The first-order valence-electron chi connectivity index (χ1n) is 11.5. The van der Waals surface area contributed by atoms with E-state index in [2.05, 4.69) is 43.4 Å². The van der Waals surface area contributed by atoms with Crippen LogP contribution in [0.5, 0.6) is 0 Å². The maximum atomic E-state index is 12.9. The summed E-state index contributed by atoms with van der Waals surface area (Å²) in [5, 5.41) is 5.50. The van der Waals surface area contributed by atoms with E-state index in [0.717, 1.165) is 50.7 Å². The average Bonchev–Trinajstić information content (AvgIpc) is 2.75. The molecule has 0 bridgehead atoms. The zero-order valence-corrected chi connectivity index (χ0v) is 19.5. The number of hydrogen-bond donors (Lipinski definition) is 2. The monoisotopic (exact) mass is 455 g/mol. The van der Waals surface area contributed by atoms with Crippen molar-refractivity contribution in [3.63, 3.8) is 0 Å². The summed E-state index contributed by atoms with van der Waals surface area (Å²) in [6, 6.07) is 5.19. The molecule has 32 heavy (non-hydrogen) atoms. The van der Waals surface area contributed by atoms with Crippen LogP contribution >= 0.6 is 0 Å². The first kappa shape index (κ1) is 26.2. The lowest BCUT2D eigenvalue weighted by Crippen LogP contribution is -2.51. The third-order valence-corrected chi connectivity index (χ3v) is 6.48. The van der Waals surface area contributed by atoms with E-state index in [1.54, 1.807) is 0 Å². The fourth-order valence-corrected chi connectivity index (χ4v) is 4.36. The molecule has 1 aromatic carbocycles. The van der Waals surface area contributed by atoms with Crippen LogP contribution in [0.25, 0.3) is 0 Å². The minimum absolute atomic E-state index is 0.0521. The van der Waals surface area contributed by atoms with Gasteiger partial charge in [-0.2, -0.15) is 13.2 Å². The fraction of sp³-hybridized carbons (Fsp3) is 0.667. The van der Waals surface area contributed by atoms with Crippen LogP contribution in [0.2, 0.25) is 0 Å². The molecule has 0 unspecified atom stereocenters. The number of unbranched alkanes of at least 4 members (excludes halogenated alkanes) is 1. The molecule has 0 spiro atoms. The molecule has 2 rings (SSSR count). The molecule has 1 fully saturated rings. The molecule has 3 atom stereocenters. The summed E-state index contributed by atoms with van der Waals surface area (Å²) in [5.74, 6) is -0.637. The van der Waals surface area contributed by atoms with Gasteiger partial charge in [0.2, 0.25) is 5.91 Å². The van der Waals surface area contributed by atoms with Gasteiger partial charge in [-0.1, -0.05) is 25.8 Å². The van der Waals surface area contributed by atoms with Gasteiger partial charge in [-0.05, 0) is 70.7 Å². The SMILES string of the molecule is CCCC[C@H]1C[C@H](N(C)C(C)C)CC[C@@H]1NC(=O)CNC(=O)c1cccc(C(F)(F)F)c1. The molecule has 5 nitrogen and oxygen atoms in total. The second-order valence-corrected chi connectivity index (χ2v) is 9.06. The molecule has 0 radical (unpaired) electrons. The van der Waals surface area contributed by atoms with E-state index in [1.807, 2.05) is 0 Å². The van der Waals surface area contributed by atoms with Gasteiger partial charge in [0.25, 0.3) is 5.91 Å². The third kappa shape index (κ3) is 7.50. The Morgan fingerprint density at radius 1 is 1.22 bits per heavy atom. The fourth-order valence-electron chi connectivity index (χ4n) is 4.36. The molecule has 0 aromatic heterocycles. The van der Waals surface area contributed by atoms with Gasteiger partial charge in [-0.3, -0.25) is 9.59 Å². The number of nitrogens with one attached hydrogen (secondary N) is 2. The second kappa shape index (κ2) is 11.7. The van der Waals surface area contributed by atoms with Gasteiger partial charge in [-0.25, -0.2) is 0 Å². The number of rotatable bonds is 9. The minimum atomic E-state index is -4.52. The van der Waals surface area contributed by atoms with Gasteiger partial charge in [0.15, 0.2) is 0 Å². The van der Waals surface area contributed by atoms with Crippen molar-refractivity contribution in [1.82, 2.24) is 15.5 Å². The number of carbonyl (C=O) groups excluding carboxylic acids is 2. The number of amides is 2. The van der Waals surface area contributed by atoms with Gasteiger partial charge in [0.05, 0.1) is 12.1 Å². The number of nitrogens with zero attached hydrogens (tertiary/aromatic N) is 1. The molecular formula is C24H36F3N3O2. The van der Waals surface area contributed by atoms with E-state index in [9.17, 15) is 22.8 Å². The highest BCUT2D eigenvalue weighted by molar-refractivity contribution is 5.96. The van der Waals surface area contributed by atoms with Crippen LogP contribution in [0, 0.1) is 5.92 Å². The van der Waals surface area contributed by atoms with Crippen molar-refractivity contribution in [2.45, 2.75) is 83.6 Å². The van der Waals surface area contributed by atoms with E-state index in [4.69, 9.17) is 0 Å². The Kier molecular flexibility index (Phi) is 9.55. The van der Waals surface area contributed by atoms with E-state index in [1.165, 1.54) is 12.1 Å². The highest BCUT2D eigenvalue weighted by Crippen LogP contribution is 2.32. The van der Waals surface area contributed by atoms with Crippen molar-refractivity contribution in [3.8, 4) is 0 Å². The zero-order chi connectivity index (χ0) is 23.9. The Morgan fingerprint density at radius 3 is 2.56 bits per heavy atom. The van der Waals surface area contributed by atoms with Gasteiger partial charge < -0.3 is 15.5 Å². The molecule has 1 aliphatic rings. The molecule has 180 valence electrons. The lowest BCUT2D eigenvalue weighted by Gasteiger charge is -2.42. The molecular weight excluding hydrogens is 419 g/mol. The molecule has 1 saturated carbocycles. The van der Waals surface area contributed by atoms with Gasteiger partial charge in [0.1, 0.15) is 0 Å². The van der Waals surface area contributed by atoms with E-state index < -0.39 is 17.6 Å². The summed E-state index contributed by atoms with van der Waals surface area (Å²) in [6.07, 6.45) is 1.61. The topological polar surface area (TPSA) is 61.4 Å². The first-order chi connectivity index (χ1) is 15.0. The van der Waals surface area contributed by atoms with Crippen molar-refractivity contribution in [1.29, 1.82) is 0 Å². The first-order valence-corrected chi connectivity index (χ1v) is 11.5. The number of halogens is 3. The van der Waals surface area contributed by atoms with E-state index in [0.29, 0.717) is 18.0 Å². The summed E-state index contributed by atoms with van der Waals surface area (Å²) in [5.41, 5.74) is -1.01. The van der Waals surface area contributed by atoms with Gasteiger partial charge in [0, 0.05) is 23.7 Å². The number of alkyl halides is 3. The predicted octanol–water partition coefficient (Wildman–Crippen LogP) is 4.62. The van der Waals surface area contributed by atoms with Crippen LogP contribution in [-0.2, 0) is 11.0 Å². The highest BCUT2D eigenvalue weighted by atomic mass is 19.4. The molecule has 0 heterocycles. The van der Waals surface area contributed by atoms with Crippen LogP contribution in [0.3, 0.4) is 0 Å². The van der Waals surface area contributed by atoms with Crippen molar-refractivity contribution >= 4 is 11.8 Å². The molecule has 0 saturated heterocycles.